The summed E-state index contributed by atoms with van der Waals surface area (Å²) in [6, 6.07) is 3.51. The first-order valence-corrected chi connectivity index (χ1v) is 6.71. The Morgan fingerprint density at radius 3 is 3.00 bits per heavy atom. The van der Waals surface area contributed by atoms with E-state index in [4.69, 9.17) is 16.3 Å². The van der Waals surface area contributed by atoms with Gasteiger partial charge in [0.15, 0.2) is 0 Å². The van der Waals surface area contributed by atoms with Gasteiger partial charge in [-0.3, -0.25) is 0 Å². The second kappa shape index (κ2) is 5.98. The Balaban J connectivity index is 1.90. The quantitative estimate of drug-likeness (QED) is 0.775. The summed E-state index contributed by atoms with van der Waals surface area (Å²) in [5.74, 6) is 0.708. The fraction of sp³-hybridized carbons (Fsp3) is 0.333. The van der Waals surface area contributed by atoms with Crippen molar-refractivity contribution >= 4 is 22.9 Å². The second-order valence-corrected chi connectivity index (χ2v) is 4.92. The predicted molar refractivity (Wildman–Crippen MR) is 69.7 cm³/mol. The van der Waals surface area contributed by atoms with Crippen LogP contribution in [0, 0.1) is 0 Å². The van der Waals surface area contributed by atoms with Crippen LogP contribution in [-0.4, -0.2) is 9.97 Å². The highest BCUT2D eigenvalue weighted by Crippen LogP contribution is 2.16. The van der Waals surface area contributed by atoms with Crippen molar-refractivity contribution in [3.63, 3.8) is 0 Å². The van der Waals surface area contributed by atoms with E-state index in [9.17, 15) is 0 Å². The van der Waals surface area contributed by atoms with E-state index >= 15 is 0 Å². The molecule has 2 aromatic rings. The van der Waals surface area contributed by atoms with Gasteiger partial charge in [0.2, 0.25) is 0 Å². The van der Waals surface area contributed by atoms with Crippen LogP contribution < -0.4 is 4.74 Å². The van der Waals surface area contributed by atoms with Gasteiger partial charge in [-0.1, -0.05) is 18.5 Å². The Kier molecular flexibility index (Phi) is 4.34. The molecule has 2 heterocycles. The number of rotatable bonds is 5. The van der Waals surface area contributed by atoms with Gasteiger partial charge in [-0.2, -0.15) is 0 Å². The average molecular weight is 269 g/mol. The summed E-state index contributed by atoms with van der Waals surface area (Å²) >= 11 is 7.37. The monoisotopic (exact) mass is 268 g/mol. The van der Waals surface area contributed by atoms with Crippen LogP contribution in [0.1, 0.15) is 24.0 Å². The Labute approximate surface area is 109 Å². The van der Waals surface area contributed by atoms with Crippen LogP contribution in [-0.2, 0) is 13.0 Å². The van der Waals surface area contributed by atoms with E-state index in [-0.39, 0.29) is 0 Å². The number of hydrogen-bond donors (Lipinski definition) is 0. The molecule has 90 valence electrons. The van der Waals surface area contributed by atoms with Crippen LogP contribution in [0.4, 0.5) is 0 Å². The fourth-order valence-corrected chi connectivity index (χ4v) is 2.35. The lowest BCUT2D eigenvalue weighted by molar-refractivity contribution is 0.300. The molecule has 0 amide bonds. The maximum Gasteiger partial charge on any atom is 0.138 e. The number of pyridine rings is 1. The van der Waals surface area contributed by atoms with Gasteiger partial charge in [-0.25, -0.2) is 9.97 Å². The first-order valence-electron chi connectivity index (χ1n) is 5.45. The molecular formula is C12H13ClN2OS. The van der Waals surface area contributed by atoms with Crippen LogP contribution in [0.15, 0.2) is 23.7 Å². The fourth-order valence-electron chi connectivity index (χ4n) is 1.35. The van der Waals surface area contributed by atoms with Crippen molar-refractivity contribution in [2.24, 2.45) is 0 Å². The molecule has 0 aliphatic carbocycles. The van der Waals surface area contributed by atoms with Gasteiger partial charge in [-0.15, -0.1) is 11.3 Å². The number of nitrogens with zero attached hydrogens (tertiary/aromatic N) is 2. The molecule has 3 nitrogen and oxygen atoms in total. The van der Waals surface area contributed by atoms with Crippen LogP contribution in [0.2, 0.25) is 5.15 Å². The van der Waals surface area contributed by atoms with E-state index in [1.54, 1.807) is 29.7 Å². The van der Waals surface area contributed by atoms with Crippen molar-refractivity contribution in [2.75, 3.05) is 0 Å². The van der Waals surface area contributed by atoms with Crippen molar-refractivity contribution in [2.45, 2.75) is 26.4 Å². The maximum atomic E-state index is 5.69. The van der Waals surface area contributed by atoms with Gasteiger partial charge in [0.05, 0.1) is 16.9 Å². The smallest absolute Gasteiger partial charge is 0.138 e. The molecule has 2 aromatic heterocycles. The summed E-state index contributed by atoms with van der Waals surface area (Å²) < 4.78 is 5.56. The Morgan fingerprint density at radius 2 is 2.29 bits per heavy atom. The van der Waals surface area contributed by atoms with E-state index in [0.717, 1.165) is 18.5 Å². The molecule has 0 fully saturated rings. The molecule has 0 spiro atoms. The van der Waals surface area contributed by atoms with Gasteiger partial charge in [0.25, 0.3) is 0 Å². The van der Waals surface area contributed by atoms with Gasteiger partial charge in [0.1, 0.15) is 17.5 Å². The zero-order chi connectivity index (χ0) is 12.1. The lowest BCUT2D eigenvalue weighted by Crippen LogP contribution is -1.96. The zero-order valence-electron chi connectivity index (χ0n) is 9.52. The van der Waals surface area contributed by atoms with E-state index in [0.29, 0.717) is 17.5 Å². The largest absolute Gasteiger partial charge is 0.486 e. The summed E-state index contributed by atoms with van der Waals surface area (Å²) in [6.45, 7) is 2.63. The third-order valence-corrected chi connectivity index (χ3v) is 3.33. The van der Waals surface area contributed by atoms with Gasteiger partial charge in [-0.05, 0) is 25.0 Å². The lowest BCUT2D eigenvalue weighted by Gasteiger charge is -2.02. The van der Waals surface area contributed by atoms with Crippen molar-refractivity contribution < 1.29 is 4.74 Å². The van der Waals surface area contributed by atoms with Crippen LogP contribution in [0.3, 0.4) is 0 Å². The molecule has 0 bridgehead atoms. The summed E-state index contributed by atoms with van der Waals surface area (Å²) in [5.41, 5.74) is 0.966. The van der Waals surface area contributed by atoms with Crippen LogP contribution in [0.5, 0.6) is 5.75 Å². The molecule has 0 N–H and O–H groups in total. The number of hydrogen-bond acceptors (Lipinski definition) is 4. The van der Waals surface area contributed by atoms with Crippen molar-refractivity contribution in [3.8, 4) is 5.75 Å². The van der Waals surface area contributed by atoms with Gasteiger partial charge >= 0.3 is 0 Å². The Morgan fingerprint density at radius 1 is 1.41 bits per heavy atom. The first kappa shape index (κ1) is 12.3. The zero-order valence-corrected chi connectivity index (χ0v) is 11.1. The Hall–Kier alpha value is -1.13. The highest BCUT2D eigenvalue weighted by Gasteiger charge is 2.02. The second-order valence-electron chi connectivity index (χ2n) is 3.59. The molecule has 0 aliphatic rings. The molecule has 0 unspecified atom stereocenters. The highest BCUT2D eigenvalue weighted by atomic mass is 35.5. The van der Waals surface area contributed by atoms with Gasteiger partial charge < -0.3 is 4.74 Å². The van der Waals surface area contributed by atoms with E-state index in [1.807, 2.05) is 5.38 Å². The SMILES string of the molecule is CCCc1nc(COc2ccc(Cl)nc2)cs1. The average Bonchev–Trinajstić information content (AvgIpc) is 2.77. The van der Waals surface area contributed by atoms with E-state index in [2.05, 4.69) is 16.9 Å². The number of ether oxygens (including phenoxy) is 1. The third-order valence-electron chi connectivity index (χ3n) is 2.15. The molecule has 2 rings (SSSR count). The molecule has 17 heavy (non-hydrogen) atoms. The van der Waals surface area contributed by atoms with Crippen LogP contribution in [0.25, 0.3) is 0 Å². The molecular weight excluding hydrogens is 256 g/mol. The topological polar surface area (TPSA) is 35.0 Å². The normalized spacial score (nSPS) is 10.5. The minimum atomic E-state index is 0.469. The molecule has 0 saturated carbocycles. The van der Waals surface area contributed by atoms with E-state index < -0.39 is 0 Å². The standard InChI is InChI=1S/C12H13ClN2OS/c1-2-3-12-15-9(8-17-12)7-16-10-4-5-11(13)14-6-10/h4-6,8H,2-3,7H2,1H3. The first-order chi connectivity index (χ1) is 8.28. The summed E-state index contributed by atoms with van der Waals surface area (Å²) in [4.78, 5) is 8.43. The summed E-state index contributed by atoms with van der Waals surface area (Å²) in [6.07, 6.45) is 3.77. The summed E-state index contributed by atoms with van der Waals surface area (Å²) in [7, 11) is 0. The minimum Gasteiger partial charge on any atom is -0.486 e. The van der Waals surface area contributed by atoms with Gasteiger partial charge in [0, 0.05) is 5.38 Å². The van der Waals surface area contributed by atoms with E-state index in [1.165, 1.54) is 5.01 Å². The third kappa shape index (κ3) is 3.68. The molecule has 0 saturated heterocycles. The molecule has 0 radical (unpaired) electrons. The van der Waals surface area contributed by atoms with Crippen LogP contribution >= 0.6 is 22.9 Å². The predicted octanol–water partition coefficient (Wildman–Crippen LogP) is 3.72. The Bertz CT molecular complexity index is 470. The lowest BCUT2D eigenvalue weighted by atomic mass is 10.3. The van der Waals surface area contributed by atoms with Crippen molar-refractivity contribution in [1.82, 2.24) is 9.97 Å². The van der Waals surface area contributed by atoms with Crippen molar-refractivity contribution in [3.05, 3.63) is 39.6 Å². The number of aromatic nitrogens is 2. The molecule has 0 aromatic carbocycles. The number of halogens is 1. The highest BCUT2D eigenvalue weighted by molar-refractivity contribution is 7.09. The molecule has 0 aliphatic heterocycles. The summed E-state index contributed by atoms with van der Waals surface area (Å²) in [5, 5.41) is 3.67. The van der Waals surface area contributed by atoms with Crippen molar-refractivity contribution in [1.29, 1.82) is 0 Å². The number of aryl methyl sites for hydroxylation is 1. The minimum absolute atomic E-state index is 0.469. The number of thiazole rings is 1. The molecule has 0 atom stereocenters. The molecule has 5 heteroatoms. The maximum absolute atomic E-state index is 5.69.